The van der Waals surface area contributed by atoms with Gasteiger partial charge in [0.05, 0.1) is 36.9 Å². The summed E-state index contributed by atoms with van der Waals surface area (Å²) in [6, 6.07) is 29.8. The third kappa shape index (κ3) is 5.81. The van der Waals surface area contributed by atoms with Crippen molar-refractivity contribution in [3.8, 4) is 11.5 Å². The van der Waals surface area contributed by atoms with Crippen molar-refractivity contribution in [3.05, 3.63) is 120 Å². The largest absolute Gasteiger partial charge is 0.493 e. The van der Waals surface area contributed by atoms with Crippen LogP contribution < -0.4 is 13.8 Å². The second-order valence-corrected chi connectivity index (χ2v) is 10.5. The lowest BCUT2D eigenvalue weighted by molar-refractivity contribution is 0.0785. The molecule has 4 aromatic carbocycles. The van der Waals surface area contributed by atoms with E-state index < -0.39 is 10.0 Å². The highest BCUT2D eigenvalue weighted by Gasteiger charge is 2.29. The number of carbonyl (C=O) groups is 1. The Morgan fingerprint density at radius 2 is 1.32 bits per heavy atom. The van der Waals surface area contributed by atoms with E-state index >= 15 is 0 Å². The number of amides is 1. The monoisotopic (exact) mass is 530 g/mol. The zero-order chi connectivity index (χ0) is 27.1. The summed E-state index contributed by atoms with van der Waals surface area (Å²) in [6.45, 7) is 0.361. The van der Waals surface area contributed by atoms with Crippen molar-refractivity contribution >= 4 is 21.6 Å². The number of carbonyl (C=O) groups excluding carboxylic acids is 1. The first-order valence-electron chi connectivity index (χ1n) is 12.0. The lowest BCUT2D eigenvalue weighted by Crippen LogP contribution is -2.34. The maximum Gasteiger partial charge on any atom is 0.264 e. The second kappa shape index (κ2) is 11.8. The number of sulfonamides is 1. The van der Waals surface area contributed by atoms with Gasteiger partial charge in [-0.05, 0) is 47.5 Å². The van der Waals surface area contributed by atoms with Gasteiger partial charge in [-0.2, -0.15) is 0 Å². The minimum absolute atomic E-state index is 0.0712. The highest BCUT2D eigenvalue weighted by atomic mass is 32.2. The molecule has 0 aliphatic carbocycles. The molecule has 0 N–H and O–H groups in total. The summed E-state index contributed by atoms with van der Waals surface area (Å²) in [5.41, 5.74) is 2.23. The molecule has 0 aromatic heterocycles. The number of para-hydroxylation sites is 1. The van der Waals surface area contributed by atoms with Crippen molar-refractivity contribution in [1.82, 2.24) is 4.90 Å². The fourth-order valence-electron chi connectivity index (χ4n) is 4.17. The second-order valence-electron chi connectivity index (χ2n) is 8.68. The first-order valence-corrected chi connectivity index (χ1v) is 13.5. The molecule has 0 radical (unpaired) electrons. The van der Waals surface area contributed by atoms with E-state index in [-0.39, 0.29) is 29.5 Å². The lowest BCUT2D eigenvalue weighted by atomic mass is 10.1. The third-order valence-electron chi connectivity index (χ3n) is 6.12. The number of ether oxygens (including phenoxy) is 2. The molecule has 0 aliphatic rings. The SMILES string of the molecule is COc1ccc(CN(C)C(=O)c2ccccc2N(Cc2ccccc2)S(=O)(=O)c2ccccc2)cc1OC. The first kappa shape index (κ1) is 26.8. The molecule has 0 saturated carbocycles. The lowest BCUT2D eigenvalue weighted by Gasteiger charge is -2.28. The fraction of sp³-hybridized carbons (Fsp3) is 0.167. The van der Waals surface area contributed by atoms with Crippen LogP contribution in [0.4, 0.5) is 5.69 Å². The Bertz CT molecular complexity index is 1490. The van der Waals surface area contributed by atoms with Gasteiger partial charge < -0.3 is 14.4 Å². The third-order valence-corrected chi connectivity index (χ3v) is 7.89. The summed E-state index contributed by atoms with van der Waals surface area (Å²) in [7, 11) is 0.827. The van der Waals surface area contributed by atoms with Crippen LogP contribution in [0, 0.1) is 0 Å². The Labute approximate surface area is 223 Å². The van der Waals surface area contributed by atoms with E-state index in [1.54, 1.807) is 86.8 Å². The Morgan fingerprint density at radius 1 is 0.711 bits per heavy atom. The van der Waals surface area contributed by atoms with E-state index in [2.05, 4.69) is 0 Å². The molecule has 4 rings (SSSR count). The van der Waals surface area contributed by atoms with E-state index in [0.717, 1.165) is 11.1 Å². The zero-order valence-electron chi connectivity index (χ0n) is 21.6. The smallest absolute Gasteiger partial charge is 0.264 e. The average molecular weight is 531 g/mol. The molecule has 0 bridgehead atoms. The van der Waals surface area contributed by atoms with Gasteiger partial charge in [-0.25, -0.2) is 8.42 Å². The van der Waals surface area contributed by atoms with Crippen LogP contribution in [0.1, 0.15) is 21.5 Å². The summed E-state index contributed by atoms with van der Waals surface area (Å²) in [5.74, 6) is 0.851. The minimum atomic E-state index is -3.98. The summed E-state index contributed by atoms with van der Waals surface area (Å²) < 4.78 is 39.8. The van der Waals surface area contributed by atoms with Gasteiger partial charge in [0.2, 0.25) is 0 Å². The summed E-state index contributed by atoms with van der Waals surface area (Å²) in [6.07, 6.45) is 0. The minimum Gasteiger partial charge on any atom is -0.493 e. The highest BCUT2D eigenvalue weighted by molar-refractivity contribution is 7.92. The standard InChI is InChI=1S/C30H30N2O5S/c1-31(21-24-18-19-28(36-2)29(20-24)37-3)30(33)26-16-10-11-17-27(26)32(22-23-12-6-4-7-13-23)38(34,35)25-14-8-5-9-15-25/h4-20H,21-22H2,1-3H3. The van der Waals surface area contributed by atoms with E-state index in [1.807, 2.05) is 42.5 Å². The molecule has 0 aliphatic heterocycles. The highest BCUT2D eigenvalue weighted by Crippen LogP contribution is 2.31. The van der Waals surface area contributed by atoms with Gasteiger partial charge >= 0.3 is 0 Å². The number of hydrogen-bond donors (Lipinski definition) is 0. The maximum atomic E-state index is 13.9. The Balaban J connectivity index is 1.72. The molecule has 0 unspecified atom stereocenters. The quantitative estimate of drug-likeness (QED) is 0.276. The predicted molar refractivity (Wildman–Crippen MR) is 148 cm³/mol. The summed E-state index contributed by atoms with van der Waals surface area (Å²) in [4.78, 5) is 15.4. The van der Waals surface area contributed by atoms with E-state index in [4.69, 9.17) is 9.47 Å². The summed E-state index contributed by atoms with van der Waals surface area (Å²) in [5, 5.41) is 0. The Kier molecular flexibility index (Phi) is 8.33. The molecule has 0 spiro atoms. The molecule has 4 aromatic rings. The van der Waals surface area contributed by atoms with Crippen LogP contribution in [0.5, 0.6) is 11.5 Å². The average Bonchev–Trinajstić information content (AvgIpc) is 2.96. The molecular weight excluding hydrogens is 500 g/mol. The van der Waals surface area contributed by atoms with Crippen LogP contribution in [0.25, 0.3) is 0 Å². The van der Waals surface area contributed by atoms with Gasteiger partial charge in [-0.15, -0.1) is 0 Å². The molecule has 8 heteroatoms. The van der Waals surface area contributed by atoms with Gasteiger partial charge in [0.15, 0.2) is 11.5 Å². The number of methoxy groups -OCH3 is 2. The predicted octanol–water partition coefficient (Wildman–Crippen LogP) is 5.37. The van der Waals surface area contributed by atoms with Crippen molar-refractivity contribution in [2.75, 3.05) is 25.6 Å². The van der Waals surface area contributed by atoms with Gasteiger partial charge in [0.25, 0.3) is 15.9 Å². The molecule has 0 heterocycles. The Morgan fingerprint density at radius 3 is 1.97 bits per heavy atom. The molecule has 0 atom stereocenters. The van der Waals surface area contributed by atoms with Gasteiger partial charge in [-0.3, -0.25) is 9.10 Å². The van der Waals surface area contributed by atoms with Crippen LogP contribution in [0.3, 0.4) is 0 Å². The van der Waals surface area contributed by atoms with E-state index in [0.29, 0.717) is 17.2 Å². The number of benzene rings is 4. The van der Waals surface area contributed by atoms with Gasteiger partial charge in [0.1, 0.15) is 0 Å². The summed E-state index contributed by atoms with van der Waals surface area (Å²) >= 11 is 0. The molecule has 0 fully saturated rings. The molecule has 0 saturated heterocycles. The van der Waals surface area contributed by atoms with E-state index in [9.17, 15) is 13.2 Å². The van der Waals surface area contributed by atoms with Crippen LogP contribution >= 0.6 is 0 Å². The Hall–Kier alpha value is -4.30. The topological polar surface area (TPSA) is 76.2 Å². The number of anilines is 1. The molecule has 196 valence electrons. The number of rotatable bonds is 10. The molecule has 1 amide bonds. The van der Waals surface area contributed by atoms with Gasteiger partial charge in [-0.1, -0.05) is 66.7 Å². The molecule has 38 heavy (non-hydrogen) atoms. The van der Waals surface area contributed by atoms with Crippen molar-refractivity contribution in [3.63, 3.8) is 0 Å². The van der Waals surface area contributed by atoms with Crippen LogP contribution in [0.15, 0.2) is 108 Å². The molecule has 7 nitrogen and oxygen atoms in total. The van der Waals surface area contributed by atoms with Crippen LogP contribution in [-0.2, 0) is 23.1 Å². The maximum absolute atomic E-state index is 13.9. The first-order chi connectivity index (χ1) is 18.3. The fourth-order valence-corrected chi connectivity index (χ4v) is 5.66. The van der Waals surface area contributed by atoms with E-state index in [1.165, 1.54) is 4.31 Å². The van der Waals surface area contributed by atoms with Crippen molar-refractivity contribution in [1.29, 1.82) is 0 Å². The van der Waals surface area contributed by atoms with Gasteiger partial charge in [0, 0.05) is 13.6 Å². The van der Waals surface area contributed by atoms with Crippen molar-refractivity contribution in [2.24, 2.45) is 0 Å². The van der Waals surface area contributed by atoms with Crippen molar-refractivity contribution in [2.45, 2.75) is 18.0 Å². The zero-order valence-corrected chi connectivity index (χ0v) is 22.4. The number of nitrogens with zero attached hydrogens (tertiary/aromatic N) is 2. The number of hydrogen-bond acceptors (Lipinski definition) is 5. The van der Waals surface area contributed by atoms with Crippen LogP contribution in [0.2, 0.25) is 0 Å². The van der Waals surface area contributed by atoms with Crippen molar-refractivity contribution < 1.29 is 22.7 Å². The molecular formula is C30H30N2O5S. The normalized spacial score (nSPS) is 11.0. The van der Waals surface area contributed by atoms with Crippen LogP contribution in [-0.4, -0.2) is 40.5 Å².